The van der Waals surface area contributed by atoms with Gasteiger partial charge in [0.2, 0.25) is 0 Å². The van der Waals surface area contributed by atoms with Crippen LogP contribution >= 0.6 is 23.2 Å². The van der Waals surface area contributed by atoms with Crippen molar-refractivity contribution in [1.29, 1.82) is 0 Å². The first-order chi connectivity index (χ1) is 7.61. The molecule has 0 N–H and O–H groups in total. The van der Waals surface area contributed by atoms with Gasteiger partial charge in [-0.2, -0.15) is 5.10 Å². The topological polar surface area (TPSA) is 34.9 Å². The molecule has 0 bridgehead atoms. The van der Waals surface area contributed by atoms with Crippen LogP contribution in [0.15, 0.2) is 24.4 Å². The van der Waals surface area contributed by atoms with Gasteiger partial charge in [0.1, 0.15) is 5.69 Å². The van der Waals surface area contributed by atoms with E-state index in [0.29, 0.717) is 21.4 Å². The average Bonchev–Trinajstić information content (AvgIpc) is 2.59. The van der Waals surface area contributed by atoms with Crippen LogP contribution in [0.2, 0.25) is 10.0 Å². The Morgan fingerprint density at radius 3 is 2.69 bits per heavy atom. The van der Waals surface area contributed by atoms with Crippen molar-refractivity contribution in [3.05, 3.63) is 45.7 Å². The minimum absolute atomic E-state index is 0.408. The first kappa shape index (κ1) is 11.2. The zero-order valence-electron chi connectivity index (χ0n) is 8.45. The fourth-order valence-electron chi connectivity index (χ4n) is 1.38. The van der Waals surface area contributed by atoms with E-state index in [1.165, 1.54) is 0 Å². The van der Waals surface area contributed by atoms with Crippen LogP contribution in [0.1, 0.15) is 16.1 Å². The summed E-state index contributed by atoms with van der Waals surface area (Å²) < 4.78 is 1.57. The quantitative estimate of drug-likeness (QED) is 0.771. The van der Waals surface area contributed by atoms with E-state index < -0.39 is 0 Å². The molecule has 0 saturated carbocycles. The molecule has 2 aromatic rings. The van der Waals surface area contributed by atoms with E-state index in [-0.39, 0.29) is 0 Å². The van der Waals surface area contributed by atoms with Crippen molar-refractivity contribution in [1.82, 2.24) is 9.78 Å². The molecule has 82 valence electrons. The van der Waals surface area contributed by atoms with Crippen LogP contribution in [0.5, 0.6) is 0 Å². The highest BCUT2D eigenvalue weighted by molar-refractivity contribution is 6.35. The first-order valence-corrected chi connectivity index (χ1v) is 5.34. The van der Waals surface area contributed by atoms with Gasteiger partial charge in [0.15, 0.2) is 6.29 Å². The Morgan fingerprint density at radius 2 is 2.12 bits per heavy atom. The second-order valence-corrected chi connectivity index (χ2v) is 4.20. The molecule has 1 aromatic carbocycles. The van der Waals surface area contributed by atoms with E-state index in [4.69, 9.17) is 23.2 Å². The van der Waals surface area contributed by atoms with Gasteiger partial charge in [-0.25, -0.2) is 4.68 Å². The van der Waals surface area contributed by atoms with Crippen LogP contribution in [0.3, 0.4) is 0 Å². The van der Waals surface area contributed by atoms with Gasteiger partial charge in [-0.05, 0) is 30.7 Å². The number of halogens is 2. The molecule has 0 fully saturated rings. The number of benzene rings is 1. The highest BCUT2D eigenvalue weighted by atomic mass is 35.5. The fourth-order valence-corrected chi connectivity index (χ4v) is 1.88. The summed E-state index contributed by atoms with van der Waals surface area (Å²) in [5, 5.41) is 5.17. The summed E-state index contributed by atoms with van der Waals surface area (Å²) in [6.07, 6.45) is 2.47. The Hall–Kier alpha value is -1.32. The molecule has 2 rings (SSSR count). The molecule has 5 heteroatoms. The smallest absolute Gasteiger partial charge is 0.170 e. The molecule has 0 unspecified atom stereocenters. The third-order valence-electron chi connectivity index (χ3n) is 2.20. The van der Waals surface area contributed by atoms with E-state index in [2.05, 4.69) is 5.10 Å². The first-order valence-electron chi connectivity index (χ1n) is 4.58. The van der Waals surface area contributed by atoms with E-state index in [9.17, 15) is 4.79 Å². The van der Waals surface area contributed by atoms with E-state index in [1.54, 1.807) is 29.1 Å². The summed E-state index contributed by atoms with van der Waals surface area (Å²) >= 11 is 11.8. The molecule has 1 heterocycles. The number of aldehydes is 1. The number of aromatic nitrogens is 2. The van der Waals surface area contributed by atoms with Crippen LogP contribution in [0, 0.1) is 6.92 Å². The van der Waals surface area contributed by atoms with Crippen LogP contribution in [-0.2, 0) is 0 Å². The number of carbonyl (C=O) groups is 1. The minimum atomic E-state index is 0.408. The molecule has 0 aliphatic rings. The van der Waals surface area contributed by atoms with Crippen LogP contribution in [0.25, 0.3) is 5.69 Å². The molecule has 1 aromatic heterocycles. The van der Waals surface area contributed by atoms with Gasteiger partial charge in [-0.15, -0.1) is 0 Å². The normalized spacial score (nSPS) is 10.4. The SMILES string of the molecule is Cc1cn(-c2ccc(Cl)cc2Cl)nc1C=O. The lowest BCUT2D eigenvalue weighted by molar-refractivity contribution is 0.111. The summed E-state index contributed by atoms with van der Waals surface area (Å²) in [7, 11) is 0. The Labute approximate surface area is 103 Å². The number of rotatable bonds is 2. The van der Waals surface area contributed by atoms with Crippen molar-refractivity contribution in [3.8, 4) is 5.69 Å². The molecule has 0 aliphatic carbocycles. The molecule has 0 amide bonds. The lowest BCUT2D eigenvalue weighted by atomic mass is 10.3. The van der Waals surface area contributed by atoms with Gasteiger partial charge in [-0.1, -0.05) is 23.2 Å². The Kier molecular flexibility index (Phi) is 2.99. The number of hydrogen-bond acceptors (Lipinski definition) is 2. The average molecular weight is 255 g/mol. The maximum Gasteiger partial charge on any atom is 0.170 e. The van der Waals surface area contributed by atoms with Crippen molar-refractivity contribution in [2.24, 2.45) is 0 Å². The highest BCUT2D eigenvalue weighted by Crippen LogP contribution is 2.24. The standard InChI is InChI=1S/C11H8Cl2N2O/c1-7-5-15(14-10(7)6-16)11-3-2-8(12)4-9(11)13/h2-6H,1H3. The van der Waals surface area contributed by atoms with Gasteiger partial charge in [0.05, 0.1) is 10.7 Å². The monoisotopic (exact) mass is 254 g/mol. The van der Waals surface area contributed by atoms with Crippen LogP contribution in [-0.4, -0.2) is 16.1 Å². The maximum absolute atomic E-state index is 10.7. The van der Waals surface area contributed by atoms with Crippen molar-refractivity contribution in [2.45, 2.75) is 6.92 Å². The predicted octanol–water partition coefficient (Wildman–Crippen LogP) is 3.30. The maximum atomic E-state index is 10.7. The summed E-state index contributed by atoms with van der Waals surface area (Å²) in [6.45, 7) is 1.82. The largest absolute Gasteiger partial charge is 0.296 e. The number of carbonyl (C=O) groups excluding carboxylic acids is 1. The zero-order chi connectivity index (χ0) is 11.7. The van der Waals surface area contributed by atoms with Crippen LogP contribution < -0.4 is 0 Å². The molecule has 16 heavy (non-hydrogen) atoms. The van der Waals surface area contributed by atoms with Gasteiger partial charge in [-0.3, -0.25) is 4.79 Å². The van der Waals surface area contributed by atoms with Gasteiger partial charge >= 0.3 is 0 Å². The van der Waals surface area contributed by atoms with Crippen molar-refractivity contribution in [2.75, 3.05) is 0 Å². The minimum Gasteiger partial charge on any atom is -0.296 e. The molecular weight excluding hydrogens is 247 g/mol. The number of nitrogens with zero attached hydrogens (tertiary/aromatic N) is 2. The van der Waals surface area contributed by atoms with Crippen molar-refractivity contribution < 1.29 is 4.79 Å². The molecule has 0 saturated heterocycles. The molecular formula is C11H8Cl2N2O. The van der Waals surface area contributed by atoms with Gasteiger partial charge in [0, 0.05) is 11.2 Å². The second kappa shape index (κ2) is 4.28. The van der Waals surface area contributed by atoms with E-state index >= 15 is 0 Å². The molecule has 0 spiro atoms. The van der Waals surface area contributed by atoms with Crippen molar-refractivity contribution >= 4 is 29.5 Å². The summed E-state index contributed by atoms with van der Waals surface area (Å²) in [5.41, 5.74) is 1.91. The summed E-state index contributed by atoms with van der Waals surface area (Å²) in [6, 6.07) is 5.11. The molecule has 0 aliphatic heterocycles. The van der Waals surface area contributed by atoms with Crippen molar-refractivity contribution in [3.63, 3.8) is 0 Å². The zero-order valence-corrected chi connectivity index (χ0v) is 9.96. The number of aryl methyl sites for hydroxylation is 1. The molecule has 0 radical (unpaired) electrons. The lowest BCUT2D eigenvalue weighted by Crippen LogP contribution is -1.96. The second-order valence-electron chi connectivity index (χ2n) is 3.36. The summed E-state index contributed by atoms with van der Waals surface area (Å²) in [5.74, 6) is 0. The Balaban J connectivity index is 2.54. The predicted molar refractivity (Wildman–Crippen MR) is 63.7 cm³/mol. The van der Waals surface area contributed by atoms with Gasteiger partial charge < -0.3 is 0 Å². The van der Waals surface area contributed by atoms with Gasteiger partial charge in [0.25, 0.3) is 0 Å². The molecule has 0 atom stereocenters. The van der Waals surface area contributed by atoms with Crippen LogP contribution in [0.4, 0.5) is 0 Å². The highest BCUT2D eigenvalue weighted by Gasteiger charge is 2.08. The third kappa shape index (κ3) is 1.96. The Morgan fingerprint density at radius 1 is 1.38 bits per heavy atom. The fraction of sp³-hybridized carbons (Fsp3) is 0.0909. The van der Waals surface area contributed by atoms with E-state index in [0.717, 1.165) is 11.8 Å². The summed E-state index contributed by atoms with van der Waals surface area (Å²) in [4.78, 5) is 10.7. The van der Waals surface area contributed by atoms with E-state index in [1.807, 2.05) is 6.92 Å². The third-order valence-corrected chi connectivity index (χ3v) is 2.74. The lowest BCUT2D eigenvalue weighted by Gasteiger charge is -2.03. The Bertz CT molecular complexity index is 549. The molecule has 3 nitrogen and oxygen atoms in total. The number of hydrogen-bond donors (Lipinski definition) is 0.